The van der Waals surface area contributed by atoms with Gasteiger partial charge in [0.05, 0.1) is 49.8 Å². The van der Waals surface area contributed by atoms with Gasteiger partial charge in [0, 0.05) is 5.56 Å². The SMILES string of the molecule is CCOc1ccc2nc(N3C(=O)C(=O)C(=C(O)c4cccc(OC)c4)C3c3ccc(OC)c(OC)c3)sc2c1. The minimum Gasteiger partial charge on any atom is -0.507 e. The number of nitrogens with zero attached hydrogens (tertiary/aromatic N) is 2. The number of methoxy groups -OCH3 is 3. The number of aliphatic hydroxyl groups is 1. The molecule has 39 heavy (non-hydrogen) atoms. The van der Waals surface area contributed by atoms with Gasteiger partial charge in [-0.25, -0.2) is 4.98 Å². The van der Waals surface area contributed by atoms with Gasteiger partial charge < -0.3 is 24.1 Å². The number of anilines is 1. The van der Waals surface area contributed by atoms with Crippen LogP contribution in [0.3, 0.4) is 0 Å². The predicted octanol–water partition coefficient (Wildman–Crippen LogP) is 5.35. The Balaban J connectivity index is 1.72. The largest absolute Gasteiger partial charge is 0.507 e. The normalized spacial score (nSPS) is 16.5. The van der Waals surface area contributed by atoms with Crippen LogP contribution in [-0.2, 0) is 9.59 Å². The predicted molar refractivity (Wildman–Crippen MR) is 148 cm³/mol. The molecule has 0 aliphatic carbocycles. The van der Waals surface area contributed by atoms with Crippen molar-refractivity contribution in [1.29, 1.82) is 0 Å². The summed E-state index contributed by atoms with van der Waals surface area (Å²) in [5, 5.41) is 11.7. The Morgan fingerprint density at radius 1 is 0.949 bits per heavy atom. The molecule has 1 fully saturated rings. The summed E-state index contributed by atoms with van der Waals surface area (Å²) in [6.45, 7) is 2.41. The van der Waals surface area contributed by atoms with Gasteiger partial charge in [-0.1, -0.05) is 29.5 Å². The van der Waals surface area contributed by atoms with Gasteiger partial charge in [-0.2, -0.15) is 0 Å². The average molecular weight is 547 g/mol. The van der Waals surface area contributed by atoms with E-state index >= 15 is 0 Å². The molecule has 0 radical (unpaired) electrons. The lowest BCUT2D eigenvalue weighted by Gasteiger charge is -2.23. The first-order valence-electron chi connectivity index (χ1n) is 12.1. The summed E-state index contributed by atoms with van der Waals surface area (Å²) in [7, 11) is 4.52. The number of ketones is 1. The summed E-state index contributed by atoms with van der Waals surface area (Å²) in [6, 6.07) is 16.2. The Morgan fingerprint density at radius 2 is 1.74 bits per heavy atom. The summed E-state index contributed by atoms with van der Waals surface area (Å²) in [6.07, 6.45) is 0. The minimum absolute atomic E-state index is 0.0743. The number of hydrogen-bond acceptors (Lipinski definition) is 9. The van der Waals surface area contributed by atoms with Crippen LogP contribution in [0.15, 0.2) is 66.2 Å². The monoisotopic (exact) mass is 546 g/mol. The fourth-order valence-electron chi connectivity index (χ4n) is 4.55. The summed E-state index contributed by atoms with van der Waals surface area (Å²) in [5.74, 6) is 0.105. The van der Waals surface area contributed by atoms with Crippen LogP contribution in [-0.4, -0.2) is 49.7 Å². The number of aliphatic hydroxyl groups excluding tert-OH is 1. The number of thiazole rings is 1. The van der Waals surface area contributed by atoms with E-state index in [1.165, 1.54) is 37.6 Å². The maximum Gasteiger partial charge on any atom is 0.301 e. The van der Waals surface area contributed by atoms with Crippen molar-refractivity contribution in [2.75, 3.05) is 32.8 Å². The van der Waals surface area contributed by atoms with Crippen molar-refractivity contribution in [3.05, 3.63) is 77.4 Å². The highest BCUT2D eigenvalue weighted by Gasteiger charge is 2.48. The molecule has 3 aromatic carbocycles. The highest BCUT2D eigenvalue weighted by molar-refractivity contribution is 7.22. The van der Waals surface area contributed by atoms with Crippen LogP contribution in [0.4, 0.5) is 5.13 Å². The van der Waals surface area contributed by atoms with E-state index in [4.69, 9.17) is 18.9 Å². The molecule has 200 valence electrons. The molecule has 0 spiro atoms. The second-order valence-electron chi connectivity index (χ2n) is 8.57. The third-order valence-corrected chi connectivity index (χ3v) is 7.39. The summed E-state index contributed by atoms with van der Waals surface area (Å²) in [5.41, 5.74) is 1.45. The fraction of sp³-hybridized carbons (Fsp3) is 0.207. The van der Waals surface area contributed by atoms with E-state index in [1.54, 1.807) is 54.6 Å². The first-order chi connectivity index (χ1) is 18.9. The minimum atomic E-state index is -0.983. The first-order valence-corrected chi connectivity index (χ1v) is 12.9. The van der Waals surface area contributed by atoms with E-state index in [0.29, 0.717) is 51.4 Å². The number of aromatic nitrogens is 1. The van der Waals surface area contributed by atoms with Gasteiger partial charge in [0.1, 0.15) is 17.3 Å². The second-order valence-corrected chi connectivity index (χ2v) is 9.58. The van der Waals surface area contributed by atoms with Gasteiger partial charge in [-0.15, -0.1) is 0 Å². The van der Waals surface area contributed by atoms with Crippen molar-refractivity contribution < 1.29 is 33.6 Å². The molecule has 1 N–H and O–H groups in total. The highest BCUT2D eigenvalue weighted by atomic mass is 32.1. The van der Waals surface area contributed by atoms with Crippen LogP contribution in [0.25, 0.3) is 16.0 Å². The van der Waals surface area contributed by atoms with E-state index < -0.39 is 17.7 Å². The molecule has 1 saturated heterocycles. The fourth-order valence-corrected chi connectivity index (χ4v) is 5.57. The maximum atomic E-state index is 13.6. The van der Waals surface area contributed by atoms with Crippen LogP contribution >= 0.6 is 11.3 Å². The van der Waals surface area contributed by atoms with Crippen LogP contribution in [0.5, 0.6) is 23.0 Å². The smallest absolute Gasteiger partial charge is 0.301 e. The standard InChI is InChI=1S/C29H26N2O7S/c1-5-38-19-10-11-20-23(15-19)39-29(30-20)31-25(16-9-12-21(36-3)22(14-16)37-4)24(27(33)28(31)34)26(32)17-7-6-8-18(13-17)35-2/h6-15,25,32H,5H2,1-4H3. The Morgan fingerprint density at radius 3 is 2.46 bits per heavy atom. The molecule has 0 saturated carbocycles. The molecule has 1 aromatic heterocycles. The summed E-state index contributed by atoms with van der Waals surface area (Å²) >= 11 is 1.25. The van der Waals surface area contributed by atoms with E-state index in [0.717, 1.165) is 4.70 Å². The summed E-state index contributed by atoms with van der Waals surface area (Å²) in [4.78, 5) is 33.1. The molecule has 10 heteroatoms. The van der Waals surface area contributed by atoms with E-state index in [1.807, 2.05) is 13.0 Å². The zero-order chi connectivity index (χ0) is 27.7. The van der Waals surface area contributed by atoms with Crippen LogP contribution in [0.2, 0.25) is 0 Å². The Hall–Kier alpha value is -4.57. The first kappa shape index (κ1) is 26.1. The molecule has 9 nitrogen and oxygen atoms in total. The van der Waals surface area contributed by atoms with Crippen molar-refractivity contribution in [1.82, 2.24) is 4.98 Å². The average Bonchev–Trinajstić information content (AvgIpc) is 3.49. The molecular formula is C29H26N2O7S. The second kappa shape index (κ2) is 10.7. The summed E-state index contributed by atoms with van der Waals surface area (Å²) < 4.78 is 22.6. The topological polar surface area (TPSA) is 107 Å². The van der Waals surface area contributed by atoms with E-state index in [9.17, 15) is 14.7 Å². The Bertz CT molecular complexity index is 1610. The van der Waals surface area contributed by atoms with Crippen molar-refractivity contribution in [2.45, 2.75) is 13.0 Å². The van der Waals surface area contributed by atoms with E-state index in [2.05, 4.69) is 4.98 Å². The van der Waals surface area contributed by atoms with Crippen LogP contribution in [0, 0.1) is 0 Å². The molecule has 1 atom stereocenters. The molecule has 1 unspecified atom stereocenters. The number of carbonyl (C=O) groups excluding carboxylic acids is 2. The number of rotatable bonds is 8. The zero-order valence-corrected chi connectivity index (χ0v) is 22.6. The number of carbonyl (C=O) groups is 2. The molecule has 0 bridgehead atoms. The lowest BCUT2D eigenvalue weighted by molar-refractivity contribution is -0.132. The Labute approximate surface area is 228 Å². The van der Waals surface area contributed by atoms with Crippen LogP contribution in [0.1, 0.15) is 24.1 Å². The molecule has 1 amide bonds. The molecular weight excluding hydrogens is 520 g/mol. The van der Waals surface area contributed by atoms with E-state index in [-0.39, 0.29) is 11.3 Å². The van der Waals surface area contributed by atoms with Crippen molar-refractivity contribution in [3.8, 4) is 23.0 Å². The molecule has 1 aliphatic rings. The molecule has 1 aliphatic heterocycles. The van der Waals surface area contributed by atoms with Gasteiger partial charge in [0.2, 0.25) is 0 Å². The molecule has 4 aromatic rings. The quantitative estimate of drug-likeness (QED) is 0.179. The number of amides is 1. The third-order valence-electron chi connectivity index (χ3n) is 6.38. The van der Waals surface area contributed by atoms with Crippen molar-refractivity contribution in [2.24, 2.45) is 0 Å². The lowest BCUT2D eigenvalue weighted by Crippen LogP contribution is -2.29. The number of Topliss-reactive ketones (excluding diaryl/α,β-unsaturated/α-hetero) is 1. The van der Waals surface area contributed by atoms with Crippen LogP contribution < -0.4 is 23.8 Å². The van der Waals surface area contributed by atoms with Gasteiger partial charge in [-0.05, 0) is 55.0 Å². The van der Waals surface area contributed by atoms with Gasteiger partial charge in [-0.3, -0.25) is 14.5 Å². The van der Waals surface area contributed by atoms with Crippen molar-refractivity contribution >= 4 is 44.1 Å². The van der Waals surface area contributed by atoms with Gasteiger partial charge in [0.15, 0.2) is 16.6 Å². The third kappa shape index (κ3) is 4.63. The maximum absolute atomic E-state index is 13.6. The number of fused-ring (bicyclic) bond motifs is 1. The number of benzene rings is 3. The lowest BCUT2D eigenvalue weighted by atomic mass is 9.95. The number of hydrogen-bond donors (Lipinski definition) is 1. The zero-order valence-electron chi connectivity index (χ0n) is 21.8. The molecule has 5 rings (SSSR count). The highest BCUT2D eigenvalue weighted by Crippen LogP contribution is 2.46. The molecule has 2 heterocycles. The van der Waals surface area contributed by atoms with Gasteiger partial charge >= 0.3 is 5.91 Å². The number of ether oxygens (including phenoxy) is 4. The Kier molecular flexibility index (Phi) is 7.12. The van der Waals surface area contributed by atoms with Crippen molar-refractivity contribution in [3.63, 3.8) is 0 Å². The van der Waals surface area contributed by atoms with Gasteiger partial charge in [0.25, 0.3) is 5.78 Å².